The largest absolute Gasteiger partial charge is 0.306 e. The number of hydrogen-bond acceptors (Lipinski definition) is 1. The molecule has 1 fully saturated rings. The first-order valence-electron chi connectivity index (χ1n) is 6.54. The third kappa shape index (κ3) is 2.24. The molecule has 0 aliphatic heterocycles. The minimum atomic E-state index is 0.682. The lowest BCUT2D eigenvalue weighted by molar-refractivity contribution is 0.702. The van der Waals surface area contributed by atoms with Crippen LogP contribution in [0.3, 0.4) is 0 Å². The zero-order chi connectivity index (χ0) is 12.5. The Balaban J connectivity index is 1.92. The van der Waals surface area contributed by atoms with E-state index in [0.717, 1.165) is 4.47 Å². The maximum atomic E-state index is 4.59. The standard InChI is InChI=1S/C15H17BrN2/c1-11-8-13(16)6-7-15(11)18-9-14(17-10-18)12-4-2-3-5-12/h6-10,12H,2-5H2,1H3. The number of imidazole rings is 1. The van der Waals surface area contributed by atoms with Crippen LogP contribution in [0.4, 0.5) is 0 Å². The fourth-order valence-corrected chi connectivity index (χ4v) is 3.29. The van der Waals surface area contributed by atoms with Crippen molar-refractivity contribution in [3.8, 4) is 5.69 Å². The zero-order valence-corrected chi connectivity index (χ0v) is 12.2. The van der Waals surface area contributed by atoms with Crippen LogP contribution in [0.1, 0.15) is 42.9 Å². The van der Waals surface area contributed by atoms with E-state index in [2.05, 4.69) is 56.8 Å². The van der Waals surface area contributed by atoms with Crippen molar-refractivity contribution in [1.82, 2.24) is 9.55 Å². The summed E-state index contributed by atoms with van der Waals surface area (Å²) in [6.07, 6.45) is 9.46. The molecule has 1 aromatic heterocycles. The quantitative estimate of drug-likeness (QED) is 0.793. The molecule has 3 heteroatoms. The first-order chi connectivity index (χ1) is 8.74. The average Bonchev–Trinajstić information content (AvgIpc) is 2.99. The molecule has 2 nitrogen and oxygen atoms in total. The lowest BCUT2D eigenvalue weighted by atomic mass is 10.1. The Morgan fingerprint density at radius 3 is 2.78 bits per heavy atom. The molecule has 3 rings (SSSR count). The second-order valence-corrected chi connectivity index (χ2v) is 6.03. The summed E-state index contributed by atoms with van der Waals surface area (Å²) in [5, 5.41) is 0. The maximum absolute atomic E-state index is 4.59. The highest BCUT2D eigenvalue weighted by Gasteiger charge is 2.19. The van der Waals surface area contributed by atoms with Gasteiger partial charge in [0.1, 0.15) is 0 Å². The Labute approximate surface area is 116 Å². The van der Waals surface area contributed by atoms with Gasteiger partial charge in [0.2, 0.25) is 0 Å². The van der Waals surface area contributed by atoms with E-state index in [1.165, 1.54) is 42.6 Å². The number of halogens is 1. The molecule has 1 aliphatic rings. The van der Waals surface area contributed by atoms with Crippen LogP contribution < -0.4 is 0 Å². The highest BCUT2D eigenvalue weighted by atomic mass is 79.9. The summed E-state index contributed by atoms with van der Waals surface area (Å²) in [6.45, 7) is 2.13. The van der Waals surface area contributed by atoms with Crippen LogP contribution in [-0.4, -0.2) is 9.55 Å². The Hall–Kier alpha value is -1.09. The fraction of sp³-hybridized carbons (Fsp3) is 0.400. The Kier molecular flexibility index (Phi) is 3.25. The minimum Gasteiger partial charge on any atom is -0.306 e. The van der Waals surface area contributed by atoms with Gasteiger partial charge >= 0.3 is 0 Å². The predicted octanol–water partition coefficient (Wildman–Crippen LogP) is 4.60. The third-order valence-corrected chi connectivity index (χ3v) is 4.31. The molecule has 0 radical (unpaired) electrons. The molecule has 0 atom stereocenters. The van der Waals surface area contributed by atoms with Crippen LogP contribution in [0.5, 0.6) is 0 Å². The molecule has 0 unspecified atom stereocenters. The molecule has 1 saturated carbocycles. The average molecular weight is 305 g/mol. The summed E-state index contributed by atoms with van der Waals surface area (Å²) in [5.41, 5.74) is 3.74. The molecular weight excluding hydrogens is 288 g/mol. The van der Waals surface area contributed by atoms with Crippen LogP contribution in [0, 0.1) is 6.92 Å². The zero-order valence-electron chi connectivity index (χ0n) is 10.6. The first-order valence-corrected chi connectivity index (χ1v) is 7.34. The van der Waals surface area contributed by atoms with Crippen molar-refractivity contribution < 1.29 is 0 Å². The van der Waals surface area contributed by atoms with Gasteiger partial charge in [-0.3, -0.25) is 0 Å². The van der Waals surface area contributed by atoms with Gasteiger partial charge in [-0.1, -0.05) is 28.8 Å². The van der Waals surface area contributed by atoms with E-state index in [9.17, 15) is 0 Å². The Morgan fingerprint density at radius 2 is 2.06 bits per heavy atom. The van der Waals surface area contributed by atoms with E-state index in [-0.39, 0.29) is 0 Å². The van der Waals surface area contributed by atoms with Crippen molar-refractivity contribution in [1.29, 1.82) is 0 Å². The number of benzene rings is 1. The van der Waals surface area contributed by atoms with Crippen LogP contribution in [0.25, 0.3) is 5.69 Å². The van der Waals surface area contributed by atoms with E-state index in [1.807, 2.05) is 6.33 Å². The minimum absolute atomic E-state index is 0.682. The molecular formula is C15H17BrN2. The first kappa shape index (κ1) is 12.0. The van der Waals surface area contributed by atoms with Crippen LogP contribution >= 0.6 is 15.9 Å². The number of aryl methyl sites for hydroxylation is 1. The highest BCUT2D eigenvalue weighted by molar-refractivity contribution is 9.10. The van der Waals surface area contributed by atoms with Gasteiger partial charge in [0.15, 0.2) is 0 Å². The molecule has 0 saturated heterocycles. The second kappa shape index (κ2) is 4.88. The third-order valence-electron chi connectivity index (χ3n) is 3.81. The molecule has 0 bridgehead atoms. The molecule has 2 aromatic rings. The molecule has 1 aliphatic carbocycles. The van der Waals surface area contributed by atoms with E-state index in [0.29, 0.717) is 5.92 Å². The van der Waals surface area contributed by atoms with Crippen LogP contribution in [0.15, 0.2) is 35.2 Å². The summed E-state index contributed by atoms with van der Waals surface area (Å²) in [6, 6.07) is 6.36. The van der Waals surface area contributed by atoms with Gasteiger partial charge < -0.3 is 4.57 Å². The summed E-state index contributed by atoms with van der Waals surface area (Å²) >= 11 is 3.50. The van der Waals surface area contributed by atoms with Gasteiger partial charge in [-0.05, 0) is 43.5 Å². The van der Waals surface area contributed by atoms with Gasteiger partial charge in [0.25, 0.3) is 0 Å². The van der Waals surface area contributed by atoms with E-state index in [4.69, 9.17) is 0 Å². The topological polar surface area (TPSA) is 17.8 Å². The van der Waals surface area contributed by atoms with Crippen molar-refractivity contribution >= 4 is 15.9 Å². The lowest BCUT2D eigenvalue weighted by Crippen LogP contribution is -1.94. The van der Waals surface area contributed by atoms with Crippen LogP contribution in [0.2, 0.25) is 0 Å². The normalized spacial score (nSPS) is 16.3. The second-order valence-electron chi connectivity index (χ2n) is 5.12. The Morgan fingerprint density at radius 1 is 1.28 bits per heavy atom. The summed E-state index contributed by atoms with van der Waals surface area (Å²) in [4.78, 5) is 4.59. The van der Waals surface area contributed by atoms with Crippen molar-refractivity contribution in [2.24, 2.45) is 0 Å². The Bertz CT molecular complexity index is 553. The monoisotopic (exact) mass is 304 g/mol. The summed E-state index contributed by atoms with van der Waals surface area (Å²) < 4.78 is 3.27. The fourth-order valence-electron chi connectivity index (χ4n) is 2.81. The lowest BCUT2D eigenvalue weighted by Gasteiger charge is -2.07. The number of nitrogens with zero attached hydrogens (tertiary/aromatic N) is 2. The molecule has 1 heterocycles. The van der Waals surface area contributed by atoms with Crippen molar-refractivity contribution in [3.05, 3.63) is 46.5 Å². The van der Waals surface area contributed by atoms with Gasteiger partial charge in [-0.15, -0.1) is 0 Å². The van der Waals surface area contributed by atoms with Crippen molar-refractivity contribution in [2.75, 3.05) is 0 Å². The van der Waals surface area contributed by atoms with Crippen LogP contribution in [-0.2, 0) is 0 Å². The number of rotatable bonds is 2. The van der Waals surface area contributed by atoms with Gasteiger partial charge in [0.05, 0.1) is 12.0 Å². The molecule has 18 heavy (non-hydrogen) atoms. The summed E-state index contributed by atoms with van der Waals surface area (Å²) in [5.74, 6) is 0.682. The van der Waals surface area contributed by atoms with E-state index in [1.54, 1.807) is 0 Å². The predicted molar refractivity (Wildman–Crippen MR) is 77.2 cm³/mol. The van der Waals surface area contributed by atoms with Crippen molar-refractivity contribution in [2.45, 2.75) is 38.5 Å². The summed E-state index contributed by atoms with van der Waals surface area (Å²) in [7, 11) is 0. The SMILES string of the molecule is Cc1cc(Br)ccc1-n1cnc(C2CCCC2)c1. The smallest absolute Gasteiger partial charge is 0.0995 e. The van der Waals surface area contributed by atoms with Gasteiger partial charge in [-0.2, -0.15) is 0 Å². The maximum Gasteiger partial charge on any atom is 0.0995 e. The van der Waals surface area contributed by atoms with E-state index >= 15 is 0 Å². The van der Waals surface area contributed by atoms with Crippen molar-refractivity contribution in [3.63, 3.8) is 0 Å². The highest BCUT2D eigenvalue weighted by Crippen LogP contribution is 2.33. The molecule has 1 aromatic carbocycles. The van der Waals surface area contributed by atoms with Gasteiger partial charge in [0, 0.05) is 22.3 Å². The molecule has 0 spiro atoms. The number of aromatic nitrogens is 2. The molecule has 0 N–H and O–H groups in total. The van der Waals surface area contributed by atoms with Gasteiger partial charge in [-0.25, -0.2) is 4.98 Å². The van der Waals surface area contributed by atoms with E-state index < -0.39 is 0 Å². The molecule has 0 amide bonds. The number of hydrogen-bond donors (Lipinski definition) is 0. The molecule has 94 valence electrons.